The van der Waals surface area contributed by atoms with Crippen molar-refractivity contribution in [3.05, 3.63) is 35.8 Å². The lowest BCUT2D eigenvalue weighted by Crippen LogP contribution is -2.43. The van der Waals surface area contributed by atoms with Crippen molar-refractivity contribution in [1.29, 1.82) is 0 Å². The number of ether oxygens (including phenoxy) is 1. The van der Waals surface area contributed by atoms with Crippen molar-refractivity contribution in [2.75, 3.05) is 17.2 Å². The number of anilines is 3. The first kappa shape index (κ1) is 21.8. The van der Waals surface area contributed by atoms with Crippen molar-refractivity contribution in [3.8, 4) is 5.88 Å². The number of pyridine rings is 2. The zero-order valence-corrected chi connectivity index (χ0v) is 17.2. The molecule has 1 amide bonds. The number of hydrogen-bond donors (Lipinski definition) is 4. The standard InChI is InChI=1S/C21H29FN6O2/c1-2-3-10-30-18-11-13(8-9-25-18)26-20-14(19(24)29)12-15(22)21(28-20)27-17-7-5-4-6-16(17)23/h8-9,11-12,16-17H,2-7,10,23H2,1H3,(H2,24,29)(H2,25,26,27,28)/t16-,17?/m0/s1. The van der Waals surface area contributed by atoms with Crippen LogP contribution in [0, 0.1) is 5.82 Å². The van der Waals surface area contributed by atoms with E-state index in [1.54, 1.807) is 18.3 Å². The molecule has 0 aliphatic heterocycles. The van der Waals surface area contributed by atoms with Crippen molar-refractivity contribution in [1.82, 2.24) is 9.97 Å². The lowest BCUT2D eigenvalue weighted by molar-refractivity contribution is 0.100. The van der Waals surface area contributed by atoms with Crippen LogP contribution in [0.3, 0.4) is 0 Å². The van der Waals surface area contributed by atoms with E-state index >= 15 is 0 Å². The molecular weight excluding hydrogens is 387 g/mol. The van der Waals surface area contributed by atoms with Gasteiger partial charge in [-0.3, -0.25) is 4.79 Å². The SMILES string of the molecule is CCCCOc1cc(Nc2nc(NC3CCCC[C@@H]3N)c(F)cc2C(N)=O)ccn1. The first-order valence-electron chi connectivity index (χ1n) is 10.4. The number of halogens is 1. The molecule has 8 nitrogen and oxygen atoms in total. The Morgan fingerprint density at radius 1 is 1.30 bits per heavy atom. The van der Waals surface area contributed by atoms with Crippen LogP contribution in [-0.2, 0) is 0 Å². The topological polar surface area (TPSA) is 128 Å². The van der Waals surface area contributed by atoms with Crippen LogP contribution in [0.2, 0.25) is 0 Å². The van der Waals surface area contributed by atoms with Crippen LogP contribution in [0.5, 0.6) is 5.88 Å². The van der Waals surface area contributed by atoms with Crippen LogP contribution in [-0.4, -0.2) is 34.6 Å². The second kappa shape index (κ2) is 10.2. The van der Waals surface area contributed by atoms with Gasteiger partial charge in [0.2, 0.25) is 5.88 Å². The van der Waals surface area contributed by atoms with Gasteiger partial charge in [-0.1, -0.05) is 26.2 Å². The first-order valence-corrected chi connectivity index (χ1v) is 10.4. The molecule has 2 aromatic rings. The van der Waals surface area contributed by atoms with Gasteiger partial charge in [0.15, 0.2) is 11.6 Å². The maximum absolute atomic E-state index is 14.6. The number of amides is 1. The fourth-order valence-corrected chi connectivity index (χ4v) is 3.41. The van der Waals surface area contributed by atoms with Crippen LogP contribution >= 0.6 is 0 Å². The van der Waals surface area contributed by atoms with Crippen molar-refractivity contribution in [2.45, 2.75) is 57.5 Å². The van der Waals surface area contributed by atoms with Gasteiger partial charge in [0.1, 0.15) is 5.82 Å². The molecule has 6 N–H and O–H groups in total. The number of nitrogens with one attached hydrogen (secondary N) is 2. The second-order valence-corrected chi connectivity index (χ2v) is 7.49. The average molecular weight is 417 g/mol. The van der Waals surface area contributed by atoms with E-state index in [4.69, 9.17) is 16.2 Å². The zero-order valence-electron chi connectivity index (χ0n) is 17.2. The molecule has 0 bridgehead atoms. The molecule has 1 aliphatic rings. The minimum atomic E-state index is -0.779. The lowest BCUT2D eigenvalue weighted by Gasteiger charge is -2.30. The minimum absolute atomic E-state index is 0.0401. The Labute approximate surface area is 175 Å². The largest absolute Gasteiger partial charge is 0.478 e. The highest BCUT2D eigenvalue weighted by Crippen LogP contribution is 2.27. The highest BCUT2D eigenvalue weighted by atomic mass is 19.1. The molecule has 9 heteroatoms. The van der Waals surface area contributed by atoms with Crippen molar-refractivity contribution < 1.29 is 13.9 Å². The molecule has 2 heterocycles. The smallest absolute Gasteiger partial charge is 0.252 e. The summed E-state index contributed by atoms with van der Waals surface area (Å²) >= 11 is 0. The van der Waals surface area contributed by atoms with Crippen molar-refractivity contribution >= 4 is 23.2 Å². The molecule has 0 radical (unpaired) electrons. The fourth-order valence-electron chi connectivity index (χ4n) is 3.41. The summed E-state index contributed by atoms with van der Waals surface area (Å²) in [6, 6.07) is 4.33. The van der Waals surface area contributed by atoms with E-state index in [1.807, 2.05) is 0 Å². The van der Waals surface area contributed by atoms with Gasteiger partial charge in [0.25, 0.3) is 5.91 Å². The predicted molar refractivity (Wildman–Crippen MR) is 114 cm³/mol. The number of primary amides is 1. The Morgan fingerprint density at radius 2 is 2.10 bits per heavy atom. The van der Waals surface area contributed by atoms with E-state index in [0.717, 1.165) is 44.6 Å². The molecular formula is C21H29FN6O2. The first-order chi connectivity index (χ1) is 14.5. The summed E-state index contributed by atoms with van der Waals surface area (Å²) in [4.78, 5) is 20.3. The third-order valence-corrected chi connectivity index (χ3v) is 5.13. The highest BCUT2D eigenvalue weighted by molar-refractivity contribution is 5.98. The van der Waals surface area contributed by atoms with Gasteiger partial charge < -0.3 is 26.8 Å². The minimum Gasteiger partial charge on any atom is -0.478 e. The molecule has 0 saturated heterocycles. The third-order valence-electron chi connectivity index (χ3n) is 5.13. The molecule has 2 aromatic heterocycles. The van der Waals surface area contributed by atoms with Gasteiger partial charge in [-0.15, -0.1) is 0 Å². The van der Waals surface area contributed by atoms with Gasteiger partial charge >= 0.3 is 0 Å². The van der Waals surface area contributed by atoms with E-state index in [9.17, 15) is 9.18 Å². The number of aromatic nitrogens is 2. The van der Waals surface area contributed by atoms with Crippen molar-refractivity contribution in [2.24, 2.45) is 11.5 Å². The average Bonchev–Trinajstić information content (AvgIpc) is 2.72. The Balaban J connectivity index is 1.83. The number of nitrogens with two attached hydrogens (primary N) is 2. The number of rotatable bonds is 9. The molecule has 162 valence electrons. The molecule has 1 aliphatic carbocycles. The Bertz CT molecular complexity index is 879. The van der Waals surface area contributed by atoms with Crippen molar-refractivity contribution in [3.63, 3.8) is 0 Å². The molecule has 30 heavy (non-hydrogen) atoms. The van der Waals surface area contributed by atoms with Gasteiger partial charge in [0, 0.05) is 30.0 Å². The summed E-state index contributed by atoms with van der Waals surface area (Å²) in [6.45, 7) is 2.64. The maximum Gasteiger partial charge on any atom is 0.252 e. The number of carbonyl (C=O) groups excluding carboxylic acids is 1. The van der Waals surface area contributed by atoms with E-state index < -0.39 is 11.7 Å². The molecule has 1 fully saturated rings. The maximum atomic E-state index is 14.6. The quantitative estimate of drug-likeness (QED) is 0.462. The van der Waals surface area contributed by atoms with Gasteiger partial charge in [-0.2, -0.15) is 0 Å². The van der Waals surface area contributed by atoms with Gasteiger partial charge in [0.05, 0.1) is 12.2 Å². The summed E-state index contributed by atoms with van der Waals surface area (Å²) in [7, 11) is 0. The van der Waals surface area contributed by atoms with Crippen LogP contribution < -0.4 is 26.8 Å². The Morgan fingerprint density at radius 3 is 2.83 bits per heavy atom. The summed E-state index contributed by atoms with van der Waals surface area (Å²) in [6.07, 6.45) is 7.32. The predicted octanol–water partition coefficient (Wildman–Crippen LogP) is 3.32. The molecule has 0 aromatic carbocycles. The van der Waals surface area contributed by atoms with Crippen LogP contribution in [0.25, 0.3) is 0 Å². The summed E-state index contributed by atoms with van der Waals surface area (Å²) in [5, 5.41) is 6.13. The molecule has 3 rings (SSSR count). The monoisotopic (exact) mass is 416 g/mol. The van der Waals surface area contributed by atoms with E-state index in [0.29, 0.717) is 18.2 Å². The number of hydrogen-bond acceptors (Lipinski definition) is 7. The van der Waals surface area contributed by atoms with E-state index in [2.05, 4.69) is 27.5 Å². The van der Waals surface area contributed by atoms with Crippen LogP contribution in [0.15, 0.2) is 24.4 Å². The third kappa shape index (κ3) is 5.56. The number of nitrogens with zero attached hydrogens (tertiary/aromatic N) is 2. The van der Waals surface area contributed by atoms with Gasteiger partial charge in [-0.05, 0) is 31.4 Å². The van der Waals surface area contributed by atoms with Gasteiger partial charge in [-0.25, -0.2) is 14.4 Å². The summed E-state index contributed by atoms with van der Waals surface area (Å²) < 4.78 is 20.2. The van der Waals surface area contributed by atoms with E-state index in [1.165, 1.54) is 0 Å². The number of unbranched alkanes of at least 4 members (excludes halogenated alkanes) is 1. The zero-order chi connectivity index (χ0) is 21.5. The molecule has 1 saturated carbocycles. The summed E-state index contributed by atoms with van der Waals surface area (Å²) in [5.41, 5.74) is 12.2. The molecule has 0 spiro atoms. The molecule has 1 unspecified atom stereocenters. The summed E-state index contributed by atoms with van der Waals surface area (Å²) in [5.74, 6) is -0.786. The second-order valence-electron chi connectivity index (χ2n) is 7.49. The van der Waals surface area contributed by atoms with Crippen LogP contribution in [0.1, 0.15) is 55.8 Å². The Hall–Kier alpha value is -2.94. The van der Waals surface area contributed by atoms with E-state index in [-0.39, 0.29) is 29.3 Å². The van der Waals surface area contributed by atoms with Crippen LogP contribution in [0.4, 0.5) is 21.7 Å². The normalized spacial score (nSPS) is 18.6. The number of carbonyl (C=O) groups is 1. The highest BCUT2D eigenvalue weighted by Gasteiger charge is 2.24. The molecule has 2 atom stereocenters. The fraction of sp³-hybridized carbons (Fsp3) is 0.476. The Kier molecular flexibility index (Phi) is 7.40. The lowest BCUT2D eigenvalue weighted by atomic mass is 9.91.